The lowest BCUT2D eigenvalue weighted by Gasteiger charge is -2.37. The maximum atomic E-state index is 13.1. The van der Waals surface area contributed by atoms with Gasteiger partial charge in [0.15, 0.2) is 0 Å². The van der Waals surface area contributed by atoms with Gasteiger partial charge in [-0.25, -0.2) is 0 Å². The summed E-state index contributed by atoms with van der Waals surface area (Å²) in [5, 5.41) is 0. The fraction of sp³-hybridized carbons (Fsp3) is 0.500. The third-order valence-electron chi connectivity index (χ3n) is 7.27. The summed E-state index contributed by atoms with van der Waals surface area (Å²) in [4.78, 5) is 22.1. The summed E-state index contributed by atoms with van der Waals surface area (Å²) in [7, 11) is 0. The van der Waals surface area contributed by atoms with Gasteiger partial charge in [-0.05, 0) is 86.9 Å². The molecule has 4 rings (SSSR count). The summed E-state index contributed by atoms with van der Waals surface area (Å²) in [5.41, 5.74) is 3.84. The number of aromatic nitrogens is 1. The molecule has 1 aliphatic heterocycles. The Morgan fingerprint density at radius 2 is 1.88 bits per heavy atom. The van der Waals surface area contributed by atoms with Gasteiger partial charge in [0.05, 0.1) is 0 Å². The predicted octanol–water partition coefficient (Wildman–Crippen LogP) is 5.13. The lowest BCUT2D eigenvalue weighted by molar-refractivity contribution is -0.129. The summed E-state index contributed by atoms with van der Waals surface area (Å²) >= 11 is 0. The minimum atomic E-state index is 0.169. The van der Waals surface area contributed by atoms with Gasteiger partial charge in [0, 0.05) is 37.6 Å². The monoisotopic (exact) mass is 431 g/mol. The van der Waals surface area contributed by atoms with E-state index in [0.29, 0.717) is 12.0 Å². The molecule has 0 N–H and O–H groups in total. The van der Waals surface area contributed by atoms with Gasteiger partial charge in [0.2, 0.25) is 5.91 Å². The highest BCUT2D eigenvalue weighted by atomic mass is 16.2. The van der Waals surface area contributed by atoms with Crippen LogP contribution in [0.2, 0.25) is 0 Å². The number of nitrogens with zero attached hydrogens (tertiary/aromatic N) is 3. The van der Waals surface area contributed by atoms with E-state index >= 15 is 0 Å². The fourth-order valence-electron chi connectivity index (χ4n) is 5.21. The topological polar surface area (TPSA) is 36.4 Å². The molecule has 1 aromatic heterocycles. The number of carbonyl (C=O) groups excluding carboxylic acids is 1. The van der Waals surface area contributed by atoms with Crippen molar-refractivity contribution >= 4 is 12.0 Å². The Hall–Kier alpha value is -2.46. The van der Waals surface area contributed by atoms with E-state index in [-0.39, 0.29) is 5.91 Å². The predicted molar refractivity (Wildman–Crippen MR) is 131 cm³/mol. The average Bonchev–Trinajstić information content (AvgIpc) is 3.36. The zero-order valence-electron chi connectivity index (χ0n) is 19.5. The van der Waals surface area contributed by atoms with Crippen molar-refractivity contribution in [2.45, 2.75) is 57.9 Å². The maximum Gasteiger partial charge on any atom is 0.246 e. The summed E-state index contributed by atoms with van der Waals surface area (Å²) in [6.45, 7) is 6.55. The van der Waals surface area contributed by atoms with Gasteiger partial charge >= 0.3 is 0 Å². The van der Waals surface area contributed by atoms with E-state index in [9.17, 15) is 4.79 Å². The average molecular weight is 432 g/mol. The second-order valence-electron chi connectivity index (χ2n) is 9.51. The second kappa shape index (κ2) is 11.4. The van der Waals surface area contributed by atoms with Crippen LogP contribution in [0, 0.1) is 12.8 Å². The molecule has 2 aliphatic rings. The number of carbonyl (C=O) groups is 1. The van der Waals surface area contributed by atoms with Crippen LogP contribution in [0.25, 0.3) is 6.08 Å². The number of hydrogen-bond acceptors (Lipinski definition) is 3. The molecule has 1 amide bonds. The molecule has 2 heterocycles. The van der Waals surface area contributed by atoms with Crippen LogP contribution in [0.1, 0.15) is 55.2 Å². The van der Waals surface area contributed by atoms with Gasteiger partial charge in [0.25, 0.3) is 0 Å². The Balaban J connectivity index is 1.29. The van der Waals surface area contributed by atoms with Crippen molar-refractivity contribution in [2.24, 2.45) is 5.92 Å². The molecule has 4 nitrogen and oxygen atoms in total. The number of likely N-dealkylation sites (tertiary alicyclic amines) is 1. The van der Waals surface area contributed by atoms with Crippen LogP contribution in [-0.4, -0.2) is 52.9 Å². The fourth-order valence-corrected chi connectivity index (χ4v) is 5.21. The lowest BCUT2D eigenvalue weighted by Crippen LogP contribution is -2.44. The van der Waals surface area contributed by atoms with Crippen LogP contribution in [0.5, 0.6) is 0 Å². The van der Waals surface area contributed by atoms with E-state index in [1.807, 2.05) is 18.2 Å². The van der Waals surface area contributed by atoms with Crippen molar-refractivity contribution in [2.75, 3.05) is 26.2 Å². The third kappa shape index (κ3) is 6.29. The summed E-state index contributed by atoms with van der Waals surface area (Å²) < 4.78 is 0. The lowest BCUT2D eigenvalue weighted by atomic mass is 9.94. The van der Waals surface area contributed by atoms with Gasteiger partial charge in [0.1, 0.15) is 0 Å². The summed E-state index contributed by atoms with van der Waals surface area (Å²) in [5.74, 6) is 0.781. The van der Waals surface area contributed by atoms with E-state index < -0.39 is 0 Å². The van der Waals surface area contributed by atoms with E-state index in [0.717, 1.165) is 51.0 Å². The van der Waals surface area contributed by atoms with Crippen molar-refractivity contribution in [1.29, 1.82) is 0 Å². The number of aryl methyl sites for hydroxylation is 1. The Morgan fingerprint density at radius 1 is 1.09 bits per heavy atom. The first kappa shape index (κ1) is 22.7. The van der Waals surface area contributed by atoms with Crippen molar-refractivity contribution < 1.29 is 4.79 Å². The minimum Gasteiger partial charge on any atom is -0.336 e. The quantitative estimate of drug-likeness (QED) is 0.544. The molecule has 0 spiro atoms. The Morgan fingerprint density at radius 3 is 2.59 bits per heavy atom. The molecular formula is C28H37N3O. The van der Waals surface area contributed by atoms with E-state index in [2.05, 4.69) is 46.0 Å². The molecule has 0 radical (unpaired) electrons. The number of rotatable bonds is 8. The Kier molecular flexibility index (Phi) is 8.11. The first-order valence-corrected chi connectivity index (χ1v) is 12.3. The zero-order valence-corrected chi connectivity index (χ0v) is 19.5. The number of amides is 1. The molecule has 1 aliphatic carbocycles. The highest BCUT2D eigenvalue weighted by Crippen LogP contribution is 2.27. The second-order valence-corrected chi connectivity index (χ2v) is 9.51. The van der Waals surface area contributed by atoms with Gasteiger partial charge in [-0.15, -0.1) is 0 Å². The molecule has 0 bridgehead atoms. The molecule has 4 heteroatoms. The van der Waals surface area contributed by atoms with Crippen LogP contribution in [-0.2, 0) is 11.2 Å². The molecule has 2 fully saturated rings. The summed E-state index contributed by atoms with van der Waals surface area (Å²) in [6, 6.07) is 13.0. The molecule has 1 saturated carbocycles. The van der Waals surface area contributed by atoms with Crippen molar-refractivity contribution in [3.63, 3.8) is 0 Å². The standard InChI is InChI=1S/C28H37N3O/c1-23-7-2-3-9-26(23)16-20-30-18-14-25(15-19-30)22-31(27-10-4-5-11-27)28(32)13-12-24-8-6-17-29-21-24/h2-3,6-9,12-13,17,21,25,27H,4-5,10-11,14-16,18-20,22H2,1H3/b13-12+. The highest BCUT2D eigenvalue weighted by Gasteiger charge is 2.29. The molecule has 2 aromatic rings. The number of hydrogen-bond donors (Lipinski definition) is 0. The van der Waals surface area contributed by atoms with Crippen LogP contribution < -0.4 is 0 Å². The van der Waals surface area contributed by atoms with Gasteiger partial charge in [-0.3, -0.25) is 9.78 Å². The van der Waals surface area contributed by atoms with Crippen molar-refractivity contribution in [3.05, 3.63) is 71.6 Å². The molecule has 1 saturated heterocycles. The zero-order chi connectivity index (χ0) is 22.2. The van der Waals surface area contributed by atoms with Crippen molar-refractivity contribution in [1.82, 2.24) is 14.8 Å². The number of pyridine rings is 1. The van der Waals surface area contributed by atoms with E-state index in [1.165, 1.54) is 36.8 Å². The van der Waals surface area contributed by atoms with Crippen LogP contribution in [0.3, 0.4) is 0 Å². The van der Waals surface area contributed by atoms with Crippen LogP contribution in [0.4, 0.5) is 0 Å². The first-order valence-electron chi connectivity index (χ1n) is 12.3. The molecule has 1 aromatic carbocycles. The largest absolute Gasteiger partial charge is 0.336 e. The third-order valence-corrected chi connectivity index (χ3v) is 7.27. The molecule has 0 atom stereocenters. The molecule has 170 valence electrons. The smallest absolute Gasteiger partial charge is 0.246 e. The highest BCUT2D eigenvalue weighted by molar-refractivity contribution is 5.92. The number of benzene rings is 1. The van der Waals surface area contributed by atoms with Crippen LogP contribution >= 0.6 is 0 Å². The minimum absolute atomic E-state index is 0.169. The number of piperidine rings is 1. The SMILES string of the molecule is Cc1ccccc1CCN1CCC(CN(C(=O)/C=C/c2cccnc2)C2CCCC2)CC1. The molecule has 32 heavy (non-hydrogen) atoms. The van der Waals surface area contributed by atoms with Gasteiger partial charge < -0.3 is 9.80 Å². The van der Waals surface area contributed by atoms with E-state index in [4.69, 9.17) is 0 Å². The summed E-state index contributed by atoms with van der Waals surface area (Å²) in [6.07, 6.45) is 15.5. The Bertz CT molecular complexity index is 881. The van der Waals surface area contributed by atoms with E-state index in [1.54, 1.807) is 18.5 Å². The molecular weight excluding hydrogens is 394 g/mol. The van der Waals surface area contributed by atoms with Crippen molar-refractivity contribution in [3.8, 4) is 0 Å². The van der Waals surface area contributed by atoms with Gasteiger partial charge in [-0.1, -0.05) is 43.2 Å². The normalized spacial score (nSPS) is 18.4. The molecule has 0 unspecified atom stereocenters. The van der Waals surface area contributed by atoms with Crippen LogP contribution in [0.15, 0.2) is 54.9 Å². The van der Waals surface area contributed by atoms with Gasteiger partial charge in [-0.2, -0.15) is 0 Å². The Labute approximate surface area is 193 Å². The maximum absolute atomic E-state index is 13.1. The first-order chi connectivity index (χ1) is 15.7.